The molecule has 0 bridgehead atoms. The van der Waals surface area contributed by atoms with E-state index in [2.05, 4.69) is 10.3 Å². The van der Waals surface area contributed by atoms with Gasteiger partial charge in [-0.3, -0.25) is 4.79 Å². The highest BCUT2D eigenvalue weighted by Crippen LogP contribution is 2.15. The third-order valence-electron chi connectivity index (χ3n) is 3.49. The minimum atomic E-state index is -0.123. The number of nitrogens with zero attached hydrogens (tertiary/aromatic N) is 2. The van der Waals surface area contributed by atoms with E-state index in [1.807, 2.05) is 29.1 Å². The summed E-state index contributed by atoms with van der Waals surface area (Å²) < 4.78 is 13.0. The molecule has 1 N–H and O–H groups in total. The van der Waals surface area contributed by atoms with Gasteiger partial charge in [0.25, 0.3) is 5.91 Å². The second-order valence-corrected chi connectivity index (χ2v) is 5.16. The molecule has 6 heteroatoms. The van der Waals surface area contributed by atoms with Crippen molar-refractivity contribution in [1.82, 2.24) is 14.9 Å². The maximum atomic E-state index is 12.1. The highest BCUT2D eigenvalue weighted by molar-refractivity contribution is 5.94. The molecule has 0 aliphatic carbocycles. The minimum absolute atomic E-state index is 0.0274. The molecular weight excluding hydrogens is 282 g/mol. The summed E-state index contributed by atoms with van der Waals surface area (Å²) in [5.74, 6) is 0.343. The van der Waals surface area contributed by atoms with Crippen LogP contribution < -0.4 is 10.1 Å². The second kappa shape index (κ2) is 7.09. The van der Waals surface area contributed by atoms with Crippen molar-refractivity contribution >= 4 is 5.91 Å². The van der Waals surface area contributed by atoms with Crippen molar-refractivity contribution in [3.63, 3.8) is 0 Å². The SMILES string of the molecule is O=C(NCCn1cccc1)c1ccnc(O[C@@H]2CCOC2)c1. The van der Waals surface area contributed by atoms with E-state index >= 15 is 0 Å². The van der Waals surface area contributed by atoms with Crippen molar-refractivity contribution in [3.8, 4) is 5.88 Å². The number of hydrogen-bond acceptors (Lipinski definition) is 4. The maximum Gasteiger partial charge on any atom is 0.251 e. The van der Waals surface area contributed by atoms with Gasteiger partial charge in [0, 0.05) is 49.7 Å². The second-order valence-electron chi connectivity index (χ2n) is 5.16. The van der Waals surface area contributed by atoms with Gasteiger partial charge in [0.2, 0.25) is 5.88 Å². The van der Waals surface area contributed by atoms with Crippen LogP contribution in [-0.2, 0) is 11.3 Å². The number of ether oxygens (including phenoxy) is 2. The molecule has 1 aliphatic rings. The first-order valence-electron chi connectivity index (χ1n) is 7.41. The van der Waals surface area contributed by atoms with Crippen LogP contribution in [0.25, 0.3) is 0 Å². The van der Waals surface area contributed by atoms with E-state index in [-0.39, 0.29) is 12.0 Å². The van der Waals surface area contributed by atoms with Gasteiger partial charge in [-0.2, -0.15) is 0 Å². The van der Waals surface area contributed by atoms with Gasteiger partial charge >= 0.3 is 0 Å². The largest absolute Gasteiger partial charge is 0.472 e. The summed E-state index contributed by atoms with van der Waals surface area (Å²) >= 11 is 0. The van der Waals surface area contributed by atoms with Crippen molar-refractivity contribution in [2.75, 3.05) is 19.8 Å². The van der Waals surface area contributed by atoms with Gasteiger partial charge in [0.1, 0.15) is 6.10 Å². The molecule has 1 saturated heterocycles. The molecule has 3 heterocycles. The lowest BCUT2D eigenvalue weighted by atomic mass is 10.2. The molecule has 1 atom stereocenters. The third kappa shape index (κ3) is 3.85. The van der Waals surface area contributed by atoms with E-state index in [0.29, 0.717) is 31.2 Å². The molecule has 1 aliphatic heterocycles. The summed E-state index contributed by atoms with van der Waals surface area (Å²) in [6, 6.07) is 7.27. The Labute approximate surface area is 129 Å². The van der Waals surface area contributed by atoms with E-state index in [9.17, 15) is 4.79 Å². The van der Waals surface area contributed by atoms with Crippen LogP contribution in [0.3, 0.4) is 0 Å². The van der Waals surface area contributed by atoms with Crippen LogP contribution in [-0.4, -0.2) is 41.3 Å². The molecule has 1 amide bonds. The first-order chi connectivity index (χ1) is 10.8. The minimum Gasteiger partial charge on any atom is -0.472 e. The number of nitrogens with one attached hydrogen (secondary N) is 1. The summed E-state index contributed by atoms with van der Waals surface area (Å²) in [7, 11) is 0. The Morgan fingerprint density at radius 3 is 3.09 bits per heavy atom. The molecule has 0 radical (unpaired) electrons. The van der Waals surface area contributed by atoms with Gasteiger partial charge in [-0.1, -0.05) is 0 Å². The Morgan fingerprint density at radius 2 is 2.32 bits per heavy atom. The standard InChI is InChI=1S/C16H19N3O3/c20-16(18-6-9-19-7-1-2-8-19)13-3-5-17-15(11-13)22-14-4-10-21-12-14/h1-3,5,7-8,11,14H,4,6,9-10,12H2,(H,18,20)/t14-/m1/s1. The first-order valence-corrected chi connectivity index (χ1v) is 7.41. The number of pyridine rings is 1. The molecule has 6 nitrogen and oxygen atoms in total. The number of rotatable bonds is 6. The Hall–Kier alpha value is -2.34. The average molecular weight is 301 g/mol. The highest BCUT2D eigenvalue weighted by Gasteiger charge is 2.18. The van der Waals surface area contributed by atoms with E-state index in [0.717, 1.165) is 13.0 Å². The summed E-state index contributed by atoms with van der Waals surface area (Å²) in [5, 5.41) is 2.89. The van der Waals surface area contributed by atoms with Crippen molar-refractivity contribution in [3.05, 3.63) is 48.4 Å². The summed E-state index contributed by atoms with van der Waals surface area (Å²) in [4.78, 5) is 16.3. The highest BCUT2D eigenvalue weighted by atomic mass is 16.5. The van der Waals surface area contributed by atoms with E-state index in [4.69, 9.17) is 9.47 Å². The van der Waals surface area contributed by atoms with E-state index < -0.39 is 0 Å². The number of amides is 1. The lowest BCUT2D eigenvalue weighted by molar-refractivity contribution is 0.0950. The van der Waals surface area contributed by atoms with Crippen LogP contribution in [0.1, 0.15) is 16.8 Å². The molecule has 1 fully saturated rings. The van der Waals surface area contributed by atoms with Crippen LogP contribution in [0.2, 0.25) is 0 Å². The molecule has 116 valence electrons. The number of carbonyl (C=O) groups is 1. The Bertz CT molecular complexity index is 607. The van der Waals surface area contributed by atoms with Gasteiger partial charge in [0.05, 0.1) is 13.2 Å². The van der Waals surface area contributed by atoms with Crippen molar-refractivity contribution in [1.29, 1.82) is 0 Å². The van der Waals surface area contributed by atoms with Crippen molar-refractivity contribution < 1.29 is 14.3 Å². The molecule has 0 unspecified atom stereocenters. The lowest BCUT2D eigenvalue weighted by Crippen LogP contribution is -2.27. The molecule has 2 aromatic heterocycles. The first kappa shape index (κ1) is 14.6. The monoisotopic (exact) mass is 301 g/mol. The van der Waals surface area contributed by atoms with Crippen molar-refractivity contribution in [2.24, 2.45) is 0 Å². The van der Waals surface area contributed by atoms with Gasteiger partial charge in [0.15, 0.2) is 0 Å². The zero-order chi connectivity index (χ0) is 15.2. The van der Waals surface area contributed by atoms with E-state index in [1.54, 1.807) is 18.3 Å². The van der Waals surface area contributed by atoms with Gasteiger partial charge in [-0.15, -0.1) is 0 Å². The predicted octanol–water partition coefficient (Wildman–Crippen LogP) is 1.48. The topological polar surface area (TPSA) is 65.4 Å². The summed E-state index contributed by atoms with van der Waals surface area (Å²) in [6.07, 6.45) is 6.41. The molecule has 2 aromatic rings. The molecule has 0 spiro atoms. The zero-order valence-corrected chi connectivity index (χ0v) is 12.3. The smallest absolute Gasteiger partial charge is 0.251 e. The van der Waals surface area contributed by atoms with Crippen LogP contribution in [0.5, 0.6) is 5.88 Å². The van der Waals surface area contributed by atoms with E-state index in [1.165, 1.54) is 0 Å². The van der Waals surface area contributed by atoms with Crippen LogP contribution in [0.4, 0.5) is 0 Å². The third-order valence-corrected chi connectivity index (χ3v) is 3.49. The molecule has 22 heavy (non-hydrogen) atoms. The Kier molecular flexibility index (Phi) is 4.70. The number of carbonyl (C=O) groups excluding carboxylic acids is 1. The molecule has 0 saturated carbocycles. The van der Waals surface area contributed by atoms with Crippen LogP contribution >= 0.6 is 0 Å². The number of aromatic nitrogens is 2. The summed E-state index contributed by atoms with van der Waals surface area (Å²) in [6.45, 7) is 2.61. The Morgan fingerprint density at radius 1 is 1.45 bits per heavy atom. The molecule has 0 aromatic carbocycles. The quantitative estimate of drug-likeness (QED) is 0.878. The fourth-order valence-corrected chi connectivity index (χ4v) is 2.31. The fraction of sp³-hybridized carbons (Fsp3) is 0.375. The molecular formula is C16H19N3O3. The fourth-order valence-electron chi connectivity index (χ4n) is 2.31. The van der Waals surface area contributed by atoms with Gasteiger partial charge < -0.3 is 19.4 Å². The lowest BCUT2D eigenvalue weighted by Gasteiger charge is -2.11. The average Bonchev–Trinajstić information content (AvgIpc) is 3.21. The Balaban J connectivity index is 1.52. The predicted molar refractivity (Wildman–Crippen MR) is 80.9 cm³/mol. The van der Waals surface area contributed by atoms with Crippen LogP contribution in [0, 0.1) is 0 Å². The normalized spacial score (nSPS) is 17.4. The van der Waals surface area contributed by atoms with Gasteiger partial charge in [-0.05, 0) is 18.2 Å². The van der Waals surface area contributed by atoms with Crippen LogP contribution in [0.15, 0.2) is 42.9 Å². The van der Waals surface area contributed by atoms with Crippen molar-refractivity contribution in [2.45, 2.75) is 19.1 Å². The zero-order valence-electron chi connectivity index (χ0n) is 12.3. The maximum absolute atomic E-state index is 12.1. The molecule has 3 rings (SSSR count). The van der Waals surface area contributed by atoms with Gasteiger partial charge in [-0.25, -0.2) is 4.98 Å². The summed E-state index contributed by atoms with van der Waals surface area (Å²) in [5.41, 5.74) is 0.552. The number of hydrogen-bond donors (Lipinski definition) is 1.